The first-order chi connectivity index (χ1) is 14.6. The molecule has 150 valence electrons. The summed E-state index contributed by atoms with van der Waals surface area (Å²) in [4.78, 5) is 19.9. The SMILES string of the molecule is Cc1ccc(-c2csc(N(CCc3ccccc3)C(=O)c3cccc(Cl)c3)n2)cc1. The Kier molecular flexibility index (Phi) is 6.26. The van der Waals surface area contributed by atoms with Gasteiger partial charge in [0, 0.05) is 28.1 Å². The third kappa shape index (κ3) is 4.78. The van der Waals surface area contributed by atoms with Crippen molar-refractivity contribution in [2.45, 2.75) is 13.3 Å². The second-order valence-corrected chi connectivity index (χ2v) is 8.36. The number of aryl methyl sites for hydroxylation is 1. The summed E-state index contributed by atoms with van der Waals surface area (Å²) in [5.74, 6) is -0.0989. The van der Waals surface area contributed by atoms with E-state index in [9.17, 15) is 4.79 Å². The van der Waals surface area contributed by atoms with E-state index in [1.165, 1.54) is 22.5 Å². The number of nitrogens with zero attached hydrogens (tertiary/aromatic N) is 2. The molecule has 0 spiro atoms. The van der Waals surface area contributed by atoms with Crippen LogP contribution in [-0.4, -0.2) is 17.4 Å². The summed E-state index contributed by atoms with van der Waals surface area (Å²) in [6.07, 6.45) is 0.743. The van der Waals surface area contributed by atoms with Gasteiger partial charge in [0.2, 0.25) is 0 Å². The molecular weight excluding hydrogens is 412 g/mol. The minimum absolute atomic E-state index is 0.0989. The number of carbonyl (C=O) groups is 1. The molecule has 0 atom stereocenters. The number of halogens is 1. The zero-order valence-electron chi connectivity index (χ0n) is 16.6. The highest BCUT2D eigenvalue weighted by molar-refractivity contribution is 7.14. The molecule has 0 saturated heterocycles. The van der Waals surface area contributed by atoms with Crippen LogP contribution in [0.1, 0.15) is 21.5 Å². The van der Waals surface area contributed by atoms with E-state index in [1.54, 1.807) is 29.2 Å². The minimum Gasteiger partial charge on any atom is -0.284 e. The lowest BCUT2D eigenvalue weighted by atomic mass is 10.1. The van der Waals surface area contributed by atoms with Crippen LogP contribution in [0, 0.1) is 6.92 Å². The Bertz CT molecular complexity index is 1140. The van der Waals surface area contributed by atoms with E-state index >= 15 is 0 Å². The molecule has 30 heavy (non-hydrogen) atoms. The third-order valence-electron chi connectivity index (χ3n) is 4.85. The van der Waals surface area contributed by atoms with Crippen molar-refractivity contribution in [1.29, 1.82) is 0 Å². The summed E-state index contributed by atoms with van der Waals surface area (Å²) in [5.41, 5.74) is 4.86. The second-order valence-electron chi connectivity index (χ2n) is 7.08. The van der Waals surface area contributed by atoms with Crippen LogP contribution in [0.25, 0.3) is 11.3 Å². The number of thiazole rings is 1. The molecule has 0 saturated carbocycles. The Hall–Kier alpha value is -2.95. The van der Waals surface area contributed by atoms with Gasteiger partial charge in [0.25, 0.3) is 5.91 Å². The van der Waals surface area contributed by atoms with Gasteiger partial charge in [-0.15, -0.1) is 11.3 Å². The molecule has 0 fully saturated rings. The molecule has 0 aliphatic rings. The molecular formula is C25H21ClN2OS. The van der Waals surface area contributed by atoms with E-state index in [0.717, 1.165) is 17.7 Å². The first-order valence-corrected chi connectivity index (χ1v) is 11.0. The van der Waals surface area contributed by atoms with Crippen LogP contribution >= 0.6 is 22.9 Å². The normalized spacial score (nSPS) is 10.7. The standard InChI is InChI=1S/C25H21ClN2OS/c1-18-10-12-20(13-11-18)23-17-30-25(27-23)28(15-14-19-6-3-2-4-7-19)24(29)21-8-5-9-22(26)16-21/h2-13,16-17H,14-15H2,1H3. The Balaban J connectivity index is 1.64. The first-order valence-electron chi connectivity index (χ1n) is 9.74. The summed E-state index contributed by atoms with van der Waals surface area (Å²) >= 11 is 7.61. The van der Waals surface area contributed by atoms with Gasteiger partial charge in [-0.2, -0.15) is 0 Å². The second kappa shape index (κ2) is 9.24. The van der Waals surface area contributed by atoms with Crippen LogP contribution in [0.3, 0.4) is 0 Å². The molecule has 1 heterocycles. The fraction of sp³-hybridized carbons (Fsp3) is 0.120. The lowest BCUT2D eigenvalue weighted by molar-refractivity contribution is 0.0987. The number of carbonyl (C=O) groups excluding carboxylic acids is 1. The zero-order valence-corrected chi connectivity index (χ0v) is 18.2. The van der Waals surface area contributed by atoms with Crippen molar-refractivity contribution in [1.82, 2.24) is 4.98 Å². The van der Waals surface area contributed by atoms with Crippen LogP contribution in [0.15, 0.2) is 84.2 Å². The van der Waals surface area contributed by atoms with Crippen LogP contribution in [0.2, 0.25) is 5.02 Å². The Morgan fingerprint density at radius 3 is 2.50 bits per heavy atom. The van der Waals surface area contributed by atoms with Gasteiger partial charge >= 0.3 is 0 Å². The van der Waals surface area contributed by atoms with E-state index in [2.05, 4.69) is 43.3 Å². The van der Waals surface area contributed by atoms with Gasteiger partial charge in [-0.25, -0.2) is 4.98 Å². The van der Waals surface area contributed by atoms with Crippen molar-refractivity contribution in [3.63, 3.8) is 0 Å². The van der Waals surface area contributed by atoms with Crippen molar-refractivity contribution in [2.75, 3.05) is 11.4 Å². The molecule has 1 amide bonds. The fourth-order valence-corrected chi connectivity index (χ4v) is 4.24. The van der Waals surface area contributed by atoms with Crippen molar-refractivity contribution in [3.8, 4) is 11.3 Å². The van der Waals surface area contributed by atoms with Crippen LogP contribution < -0.4 is 4.90 Å². The van der Waals surface area contributed by atoms with Gasteiger partial charge in [-0.05, 0) is 37.1 Å². The van der Waals surface area contributed by atoms with E-state index in [4.69, 9.17) is 16.6 Å². The van der Waals surface area contributed by atoms with Crippen LogP contribution in [0.4, 0.5) is 5.13 Å². The number of aromatic nitrogens is 1. The summed E-state index contributed by atoms with van der Waals surface area (Å²) in [7, 11) is 0. The van der Waals surface area contributed by atoms with Crippen molar-refractivity contribution in [3.05, 3.63) is 106 Å². The predicted molar refractivity (Wildman–Crippen MR) is 126 cm³/mol. The molecule has 0 bridgehead atoms. The van der Waals surface area contributed by atoms with Crippen molar-refractivity contribution in [2.24, 2.45) is 0 Å². The average Bonchev–Trinajstić information content (AvgIpc) is 3.25. The largest absolute Gasteiger partial charge is 0.284 e. The molecule has 4 rings (SSSR count). The monoisotopic (exact) mass is 432 g/mol. The van der Waals surface area contributed by atoms with E-state index in [0.29, 0.717) is 22.3 Å². The molecule has 4 aromatic rings. The third-order valence-corrected chi connectivity index (χ3v) is 5.95. The highest BCUT2D eigenvalue weighted by atomic mass is 35.5. The Morgan fingerprint density at radius 1 is 1.00 bits per heavy atom. The number of hydrogen-bond donors (Lipinski definition) is 0. The van der Waals surface area contributed by atoms with Gasteiger partial charge in [0.1, 0.15) is 0 Å². The maximum absolute atomic E-state index is 13.3. The van der Waals surface area contributed by atoms with Gasteiger partial charge in [-0.3, -0.25) is 9.69 Å². The molecule has 0 N–H and O–H groups in total. The molecule has 0 aliphatic carbocycles. The lowest BCUT2D eigenvalue weighted by Gasteiger charge is -2.20. The minimum atomic E-state index is -0.0989. The molecule has 0 aliphatic heterocycles. The van der Waals surface area contributed by atoms with Crippen molar-refractivity contribution >= 4 is 34.0 Å². The number of hydrogen-bond acceptors (Lipinski definition) is 3. The van der Waals surface area contributed by atoms with E-state index in [-0.39, 0.29) is 5.91 Å². The first kappa shape index (κ1) is 20.3. The van der Waals surface area contributed by atoms with E-state index < -0.39 is 0 Å². The molecule has 3 aromatic carbocycles. The number of amides is 1. The van der Waals surface area contributed by atoms with Gasteiger partial charge in [0.05, 0.1) is 5.69 Å². The fourth-order valence-electron chi connectivity index (χ4n) is 3.19. The van der Waals surface area contributed by atoms with Gasteiger partial charge in [0.15, 0.2) is 5.13 Å². The maximum atomic E-state index is 13.3. The molecule has 5 heteroatoms. The lowest BCUT2D eigenvalue weighted by Crippen LogP contribution is -2.32. The summed E-state index contributed by atoms with van der Waals surface area (Å²) in [5, 5.41) is 3.23. The highest BCUT2D eigenvalue weighted by Gasteiger charge is 2.21. The Morgan fingerprint density at radius 2 is 1.77 bits per heavy atom. The highest BCUT2D eigenvalue weighted by Crippen LogP contribution is 2.29. The maximum Gasteiger partial charge on any atom is 0.260 e. The quantitative estimate of drug-likeness (QED) is 0.341. The molecule has 1 aromatic heterocycles. The van der Waals surface area contributed by atoms with E-state index in [1.807, 2.05) is 23.6 Å². The zero-order chi connectivity index (χ0) is 20.9. The van der Waals surface area contributed by atoms with Crippen LogP contribution in [0.5, 0.6) is 0 Å². The smallest absolute Gasteiger partial charge is 0.260 e. The van der Waals surface area contributed by atoms with Gasteiger partial charge in [-0.1, -0.05) is 77.8 Å². The molecule has 0 radical (unpaired) electrons. The van der Waals surface area contributed by atoms with Crippen LogP contribution in [-0.2, 0) is 6.42 Å². The topological polar surface area (TPSA) is 33.2 Å². The Labute approximate surface area is 185 Å². The summed E-state index contributed by atoms with van der Waals surface area (Å²) < 4.78 is 0. The summed E-state index contributed by atoms with van der Waals surface area (Å²) in [6, 6.07) is 25.5. The molecule has 0 unspecified atom stereocenters. The summed E-state index contributed by atoms with van der Waals surface area (Å²) in [6.45, 7) is 2.60. The average molecular weight is 433 g/mol. The van der Waals surface area contributed by atoms with Crippen molar-refractivity contribution < 1.29 is 4.79 Å². The number of anilines is 1. The van der Waals surface area contributed by atoms with Gasteiger partial charge < -0.3 is 0 Å². The number of rotatable bonds is 6. The number of benzene rings is 3. The predicted octanol–water partition coefficient (Wildman–Crippen LogP) is 6.66. The molecule has 3 nitrogen and oxygen atoms in total.